The number of nitrogens with one attached hydrogen (secondary N) is 4. The van der Waals surface area contributed by atoms with Crippen molar-refractivity contribution in [3.8, 4) is 0 Å². The normalized spacial score (nSPS) is 17.6. The minimum atomic E-state index is -0.891. The number of nitrogen functional groups attached to an aromatic ring is 1. The zero-order chi connectivity index (χ0) is 27.8. The lowest BCUT2D eigenvalue weighted by Crippen LogP contribution is -2.49. The van der Waals surface area contributed by atoms with Gasteiger partial charge < -0.3 is 20.5 Å². The van der Waals surface area contributed by atoms with Crippen LogP contribution in [-0.2, 0) is 14.3 Å². The van der Waals surface area contributed by atoms with Crippen LogP contribution in [0.25, 0.3) is 0 Å². The molecule has 3 atom stereocenters. The highest BCUT2D eigenvalue weighted by Crippen LogP contribution is 2.30. The number of rotatable bonds is 10. The van der Waals surface area contributed by atoms with Crippen molar-refractivity contribution < 1.29 is 19.1 Å². The lowest BCUT2D eigenvalue weighted by molar-refractivity contribution is -0.121. The summed E-state index contributed by atoms with van der Waals surface area (Å²) in [6.07, 6.45) is 6.44. The Labute approximate surface area is 230 Å². The zero-order valence-electron chi connectivity index (χ0n) is 21.7. The molecule has 6 N–H and O–H groups in total. The van der Waals surface area contributed by atoms with Crippen LogP contribution in [0.4, 0.5) is 5.69 Å². The Morgan fingerprint density at radius 1 is 1.18 bits per heavy atom. The van der Waals surface area contributed by atoms with Gasteiger partial charge >= 0.3 is 0 Å². The number of amides is 2. The van der Waals surface area contributed by atoms with E-state index in [4.69, 9.17) is 20.6 Å². The summed E-state index contributed by atoms with van der Waals surface area (Å²) in [5, 5.41) is 10.8. The van der Waals surface area contributed by atoms with E-state index >= 15 is 0 Å². The lowest BCUT2D eigenvalue weighted by Gasteiger charge is -2.32. The van der Waals surface area contributed by atoms with Crippen molar-refractivity contribution in [3.05, 3.63) is 81.8 Å². The smallest absolute Gasteiger partial charge is 0.270 e. The van der Waals surface area contributed by atoms with Gasteiger partial charge in [0.1, 0.15) is 23.7 Å². The number of aromatic nitrogens is 1. The Morgan fingerprint density at radius 2 is 1.89 bits per heavy atom. The summed E-state index contributed by atoms with van der Waals surface area (Å²) in [7, 11) is 0. The molecule has 3 rings (SSSR count). The molecule has 3 unspecified atom stereocenters. The summed E-state index contributed by atoms with van der Waals surface area (Å²) in [6.45, 7) is 8.25. The van der Waals surface area contributed by atoms with Crippen molar-refractivity contribution in [1.29, 1.82) is 5.41 Å². The first-order valence-corrected chi connectivity index (χ1v) is 13.0. The van der Waals surface area contributed by atoms with E-state index in [2.05, 4.69) is 37.1 Å². The average Bonchev–Trinajstić information content (AvgIpc) is 2.88. The molecule has 0 spiro atoms. The van der Waals surface area contributed by atoms with Gasteiger partial charge in [-0.25, -0.2) is 0 Å². The number of carbonyl (C=O) groups excluding carboxylic acids is 2. The third-order valence-electron chi connectivity index (χ3n) is 5.67. The highest BCUT2D eigenvalue weighted by molar-refractivity contribution is 9.10. The van der Waals surface area contributed by atoms with Gasteiger partial charge in [-0.3, -0.25) is 30.8 Å². The Morgan fingerprint density at radius 3 is 2.50 bits per heavy atom. The number of ether oxygens (including phenoxy) is 2. The molecule has 2 aromatic rings. The fourth-order valence-electron chi connectivity index (χ4n) is 3.93. The van der Waals surface area contributed by atoms with Crippen LogP contribution >= 0.6 is 15.9 Å². The second-order valence-electron chi connectivity index (χ2n) is 8.98. The highest BCUT2D eigenvalue weighted by Gasteiger charge is 2.32. The molecule has 0 radical (unpaired) electrons. The summed E-state index contributed by atoms with van der Waals surface area (Å²) < 4.78 is 12.5. The number of anilines is 1. The van der Waals surface area contributed by atoms with Gasteiger partial charge in [-0.05, 0) is 78.7 Å². The number of nitrogens with zero attached hydrogens (tertiary/aromatic N) is 1. The molecular weight excluding hydrogens is 552 g/mol. The topological polar surface area (TPSA) is 151 Å². The quantitative estimate of drug-likeness (QED) is 0.162. The van der Waals surface area contributed by atoms with Gasteiger partial charge in [-0.15, -0.1) is 0 Å². The SMILES string of the molecule is CCOC1=CC(C(Nc2ccc(C(=N)N)cc2)C(=O)NNC(=O)c2ccncc2Br)=CC(C)C1OC(C)C. The molecule has 0 aliphatic heterocycles. The summed E-state index contributed by atoms with van der Waals surface area (Å²) in [4.78, 5) is 30.1. The Hall–Kier alpha value is -3.70. The van der Waals surface area contributed by atoms with E-state index in [-0.39, 0.29) is 24.0 Å². The molecule has 1 aliphatic rings. The van der Waals surface area contributed by atoms with Crippen molar-refractivity contribution in [3.63, 3.8) is 0 Å². The van der Waals surface area contributed by atoms with E-state index in [1.54, 1.807) is 30.3 Å². The molecule has 11 heteroatoms. The van der Waals surface area contributed by atoms with Crippen LogP contribution in [0.1, 0.15) is 43.6 Å². The van der Waals surface area contributed by atoms with Crippen LogP contribution in [-0.4, -0.2) is 47.5 Å². The number of amidine groups is 1. The molecule has 38 heavy (non-hydrogen) atoms. The van der Waals surface area contributed by atoms with Gasteiger partial charge in [0.2, 0.25) is 0 Å². The van der Waals surface area contributed by atoms with Crippen LogP contribution in [0, 0.1) is 11.3 Å². The number of hydrazine groups is 1. The maximum atomic E-state index is 13.5. The van der Waals surface area contributed by atoms with E-state index in [0.717, 1.165) is 0 Å². The van der Waals surface area contributed by atoms with Crippen molar-refractivity contribution in [2.45, 2.75) is 45.9 Å². The third-order valence-corrected chi connectivity index (χ3v) is 6.30. The second kappa shape index (κ2) is 13.2. The van der Waals surface area contributed by atoms with Crippen molar-refractivity contribution in [2.24, 2.45) is 11.7 Å². The maximum Gasteiger partial charge on any atom is 0.270 e. The lowest BCUT2D eigenvalue weighted by atomic mass is 9.89. The van der Waals surface area contributed by atoms with Crippen molar-refractivity contribution >= 4 is 39.3 Å². The predicted molar refractivity (Wildman–Crippen MR) is 149 cm³/mol. The molecule has 0 fully saturated rings. The van der Waals surface area contributed by atoms with E-state index < -0.39 is 17.9 Å². The molecule has 202 valence electrons. The minimum Gasteiger partial charge on any atom is -0.495 e. The first kappa shape index (κ1) is 28.9. The van der Waals surface area contributed by atoms with E-state index in [0.29, 0.717) is 39.2 Å². The molecule has 1 aromatic heterocycles. The fraction of sp³-hybridized carbons (Fsp3) is 0.333. The van der Waals surface area contributed by atoms with E-state index in [1.807, 2.05) is 33.8 Å². The first-order valence-electron chi connectivity index (χ1n) is 12.2. The van der Waals surface area contributed by atoms with E-state index in [9.17, 15) is 9.59 Å². The standard InChI is InChI=1S/C27H33BrN6O4/c1-5-37-22-13-18(12-16(4)24(22)38-15(2)3)23(32-19-8-6-17(7-9-19)25(29)30)27(36)34-33-26(35)20-10-11-31-14-21(20)28/h6-16,23-24,32H,5H2,1-4H3,(H3,29,30)(H,33,35)(H,34,36). The van der Waals surface area contributed by atoms with Crippen LogP contribution in [0.15, 0.2) is 70.7 Å². The Balaban J connectivity index is 1.89. The van der Waals surface area contributed by atoms with Gasteiger partial charge in [-0.1, -0.05) is 13.0 Å². The van der Waals surface area contributed by atoms with Crippen LogP contribution < -0.4 is 21.9 Å². The molecule has 1 heterocycles. The van der Waals surface area contributed by atoms with Crippen molar-refractivity contribution in [2.75, 3.05) is 11.9 Å². The third kappa shape index (κ3) is 7.42. The fourth-order valence-corrected chi connectivity index (χ4v) is 4.36. The first-order chi connectivity index (χ1) is 18.1. The number of hydrogen-bond donors (Lipinski definition) is 5. The van der Waals surface area contributed by atoms with Crippen LogP contribution in [0.2, 0.25) is 0 Å². The molecule has 10 nitrogen and oxygen atoms in total. The second-order valence-corrected chi connectivity index (χ2v) is 9.83. The van der Waals surface area contributed by atoms with Crippen LogP contribution in [0.3, 0.4) is 0 Å². The van der Waals surface area contributed by atoms with Crippen molar-refractivity contribution in [1.82, 2.24) is 15.8 Å². The Kier molecular flexibility index (Phi) is 10.0. The monoisotopic (exact) mass is 584 g/mol. The van der Waals surface area contributed by atoms with Gasteiger partial charge in [0.15, 0.2) is 0 Å². The number of hydrogen-bond acceptors (Lipinski definition) is 7. The number of nitrogens with two attached hydrogens (primary N) is 1. The minimum absolute atomic E-state index is 0.0130. The van der Waals surface area contributed by atoms with E-state index in [1.165, 1.54) is 18.5 Å². The largest absolute Gasteiger partial charge is 0.495 e. The van der Waals surface area contributed by atoms with Gasteiger partial charge in [0.25, 0.3) is 11.8 Å². The molecule has 1 aliphatic carbocycles. The Bertz CT molecular complexity index is 1230. The summed E-state index contributed by atoms with van der Waals surface area (Å²) in [5.74, 6) is -0.506. The molecule has 0 saturated carbocycles. The number of halogens is 1. The van der Waals surface area contributed by atoms with Gasteiger partial charge in [0, 0.05) is 34.0 Å². The zero-order valence-corrected chi connectivity index (χ0v) is 23.3. The molecular formula is C27H33BrN6O4. The molecule has 0 bridgehead atoms. The number of carbonyl (C=O) groups is 2. The van der Waals surface area contributed by atoms with Crippen LogP contribution in [0.5, 0.6) is 0 Å². The molecule has 1 aromatic carbocycles. The number of pyridine rings is 1. The summed E-state index contributed by atoms with van der Waals surface area (Å²) in [6, 6.07) is 7.48. The average molecular weight is 586 g/mol. The van der Waals surface area contributed by atoms with Gasteiger partial charge in [0.05, 0.1) is 18.3 Å². The number of benzene rings is 1. The molecule has 0 saturated heterocycles. The highest BCUT2D eigenvalue weighted by atomic mass is 79.9. The summed E-state index contributed by atoms with van der Waals surface area (Å²) >= 11 is 3.29. The maximum absolute atomic E-state index is 13.5. The van der Waals surface area contributed by atoms with Gasteiger partial charge in [-0.2, -0.15) is 0 Å². The molecule has 2 amide bonds. The predicted octanol–water partition coefficient (Wildman–Crippen LogP) is 3.66. The summed E-state index contributed by atoms with van der Waals surface area (Å²) in [5.41, 5.74) is 12.7.